The average Bonchev–Trinajstić information content (AvgIpc) is 3.40. The maximum atomic E-state index is 6.21. The molecule has 1 heterocycles. The maximum absolute atomic E-state index is 6.21. The molecule has 0 aliphatic rings. The van der Waals surface area contributed by atoms with Crippen molar-refractivity contribution in [1.82, 2.24) is 0 Å². The van der Waals surface area contributed by atoms with Gasteiger partial charge < -0.3 is 9.73 Å². The van der Waals surface area contributed by atoms with Gasteiger partial charge in [0, 0.05) is 16.5 Å². The van der Waals surface area contributed by atoms with E-state index < -0.39 is 0 Å². The van der Waals surface area contributed by atoms with Crippen molar-refractivity contribution in [2.24, 2.45) is 0 Å². The molecule has 0 unspecified atom stereocenters. The van der Waals surface area contributed by atoms with Crippen molar-refractivity contribution in [1.29, 1.82) is 0 Å². The van der Waals surface area contributed by atoms with Crippen LogP contribution in [-0.2, 0) is 0 Å². The standard InChI is InChI=1S/C38H25NO/c1-3-12-30-26(9-1)11-7-15-32(30)35-24-28(23-27-10-2-4-13-31(27)35)25-19-21-29(22-20-25)39-36-17-8-16-34-33-14-5-6-18-37(33)40-38(34)36/h1-24,39H. The fourth-order valence-corrected chi connectivity index (χ4v) is 5.91. The zero-order valence-corrected chi connectivity index (χ0v) is 21.8. The Labute approximate surface area is 232 Å². The monoisotopic (exact) mass is 511 g/mol. The van der Waals surface area contributed by atoms with E-state index in [9.17, 15) is 0 Å². The summed E-state index contributed by atoms with van der Waals surface area (Å²) in [5, 5.41) is 10.9. The lowest BCUT2D eigenvalue weighted by molar-refractivity contribution is 0.670. The van der Waals surface area contributed by atoms with Gasteiger partial charge in [-0.25, -0.2) is 0 Å². The lowest BCUT2D eigenvalue weighted by atomic mass is 9.90. The first-order chi connectivity index (χ1) is 19.8. The van der Waals surface area contributed by atoms with Gasteiger partial charge in [0.25, 0.3) is 0 Å². The van der Waals surface area contributed by atoms with Gasteiger partial charge in [-0.05, 0) is 80.2 Å². The summed E-state index contributed by atoms with van der Waals surface area (Å²) in [5.74, 6) is 0. The molecular weight excluding hydrogens is 486 g/mol. The van der Waals surface area contributed by atoms with Crippen molar-refractivity contribution < 1.29 is 4.42 Å². The summed E-state index contributed by atoms with van der Waals surface area (Å²) < 4.78 is 6.21. The molecule has 40 heavy (non-hydrogen) atoms. The molecule has 0 amide bonds. The Morgan fingerprint density at radius 1 is 0.425 bits per heavy atom. The number of para-hydroxylation sites is 2. The third kappa shape index (κ3) is 3.73. The van der Waals surface area contributed by atoms with Crippen molar-refractivity contribution in [2.75, 3.05) is 5.32 Å². The molecule has 2 nitrogen and oxygen atoms in total. The highest BCUT2D eigenvalue weighted by Gasteiger charge is 2.12. The molecule has 0 spiro atoms. The van der Waals surface area contributed by atoms with Gasteiger partial charge in [0.2, 0.25) is 0 Å². The van der Waals surface area contributed by atoms with Crippen LogP contribution < -0.4 is 5.32 Å². The van der Waals surface area contributed by atoms with Gasteiger partial charge in [-0.3, -0.25) is 0 Å². The van der Waals surface area contributed by atoms with E-state index in [1.807, 2.05) is 12.1 Å². The molecule has 0 atom stereocenters. The lowest BCUT2D eigenvalue weighted by Crippen LogP contribution is -1.91. The number of anilines is 2. The van der Waals surface area contributed by atoms with Gasteiger partial charge >= 0.3 is 0 Å². The number of hydrogen-bond donors (Lipinski definition) is 1. The van der Waals surface area contributed by atoms with E-state index in [1.54, 1.807) is 0 Å². The second-order valence-corrected chi connectivity index (χ2v) is 10.3. The summed E-state index contributed by atoms with van der Waals surface area (Å²) in [7, 11) is 0. The van der Waals surface area contributed by atoms with Crippen LogP contribution in [0.1, 0.15) is 0 Å². The molecule has 188 valence electrons. The van der Waals surface area contributed by atoms with Crippen LogP contribution in [0, 0.1) is 0 Å². The summed E-state index contributed by atoms with van der Waals surface area (Å²) in [6.07, 6.45) is 0. The number of nitrogens with one attached hydrogen (secondary N) is 1. The number of fused-ring (bicyclic) bond motifs is 5. The zero-order chi connectivity index (χ0) is 26.5. The number of benzene rings is 7. The molecule has 0 bridgehead atoms. The first kappa shape index (κ1) is 22.6. The topological polar surface area (TPSA) is 25.2 Å². The molecule has 1 aromatic heterocycles. The number of furan rings is 1. The van der Waals surface area contributed by atoms with Crippen molar-refractivity contribution >= 4 is 54.9 Å². The fourth-order valence-electron chi connectivity index (χ4n) is 5.91. The first-order valence-electron chi connectivity index (χ1n) is 13.6. The Morgan fingerprint density at radius 2 is 1.07 bits per heavy atom. The Morgan fingerprint density at radius 3 is 1.93 bits per heavy atom. The fraction of sp³-hybridized carbons (Fsp3) is 0. The van der Waals surface area contributed by atoms with Gasteiger partial charge in [0.05, 0.1) is 5.69 Å². The SMILES string of the molecule is c1ccc2c(-c3cc(-c4ccc(Nc5cccc6c5oc5ccccc56)cc4)cc4ccccc34)cccc2c1. The molecule has 0 saturated carbocycles. The van der Waals surface area contributed by atoms with Gasteiger partial charge in [-0.1, -0.05) is 109 Å². The quantitative estimate of drug-likeness (QED) is 0.254. The van der Waals surface area contributed by atoms with Crippen LogP contribution in [0.2, 0.25) is 0 Å². The molecule has 0 aliphatic heterocycles. The second-order valence-electron chi connectivity index (χ2n) is 10.3. The predicted octanol–water partition coefficient (Wildman–Crippen LogP) is 11.0. The van der Waals surface area contributed by atoms with E-state index in [2.05, 4.69) is 139 Å². The third-order valence-corrected chi connectivity index (χ3v) is 7.84. The highest BCUT2D eigenvalue weighted by Crippen LogP contribution is 2.38. The minimum Gasteiger partial charge on any atom is -0.454 e. The molecule has 1 N–H and O–H groups in total. The first-order valence-corrected chi connectivity index (χ1v) is 13.6. The Balaban J connectivity index is 1.20. The van der Waals surface area contributed by atoms with Crippen molar-refractivity contribution in [2.45, 2.75) is 0 Å². The molecule has 0 saturated heterocycles. The molecule has 8 aromatic rings. The van der Waals surface area contributed by atoms with Gasteiger partial charge in [0.1, 0.15) is 5.58 Å². The Kier molecular flexibility index (Phi) is 5.17. The van der Waals surface area contributed by atoms with Crippen molar-refractivity contribution in [3.8, 4) is 22.3 Å². The van der Waals surface area contributed by atoms with E-state index in [0.717, 1.165) is 33.3 Å². The predicted molar refractivity (Wildman–Crippen MR) is 169 cm³/mol. The smallest absolute Gasteiger partial charge is 0.158 e. The average molecular weight is 512 g/mol. The van der Waals surface area contributed by atoms with Crippen LogP contribution in [0.4, 0.5) is 11.4 Å². The summed E-state index contributed by atoms with van der Waals surface area (Å²) in [6.45, 7) is 0. The van der Waals surface area contributed by atoms with E-state index in [-0.39, 0.29) is 0 Å². The summed E-state index contributed by atoms with van der Waals surface area (Å²) in [5.41, 5.74) is 8.66. The highest BCUT2D eigenvalue weighted by atomic mass is 16.3. The molecule has 0 aliphatic carbocycles. The van der Waals surface area contributed by atoms with Crippen LogP contribution in [-0.4, -0.2) is 0 Å². The van der Waals surface area contributed by atoms with Gasteiger partial charge in [-0.15, -0.1) is 0 Å². The molecule has 7 aromatic carbocycles. The summed E-state index contributed by atoms with van der Waals surface area (Å²) in [6, 6.07) is 51.6. The highest BCUT2D eigenvalue weighted by molar-refractivity contribution is 6.09. The molecular formula is C38H25NO. The Bertz CT molecular complexity index is 2180. The molecule has 0 fully saturated rings. The summed E-state index contributed by atoms with van der Waals surface area (Å²) in [4.78, 5) is 0. The maximum Gasteiger partial charge on any atom is 0.158 e. The minimum atomic E-state index is 0.877. The largest absolute Gasteiger partial charge is 0.454 e. The molecule has 2 heteroatoms. The van der Waals surface area contributed by atoms with E-state index in [1.165, 1.54) is 43.8 Å². The normalized spacial score (nSPS) is 11.5. The second kappa shape index (κ2) is 9.14. The van der Waals surface area contributed by atoms with E-state index in [4.69, 9.17) is 4.42 Å². The van der Waals surface area contributed by atoms with Crippen LogP contribution >= 0.6 is 0 Å². The number of hydrogen-bond acceptors (Lipinski definition) is 2. The van der Waals surface area contributed by atoms with Crippen LogP contribution in [0.5, 0.6) is 0 Å². The number of rotatable bonds is 4. The third-order valence-electron chi connectivity index (χ3n) is 7.84. The van der Waals surface area contributed by atoms with E-state index in [0.29, 0.717) is 0 Å². The van der Waals surface area contributed by atoms with Gasteiger partial charge in [-0.2, -0.15) is 0 Å². The van der Waals surface area contributed by atoms with E-state index >= 15 is 0 Å². The summed E-state index contributed by atoms with van der Waals surface area (Å²) >= 11 is 0. The minimum absolute atomic E-state index is 0.877. The molecule has 0 radical (unpaired) electrons. The van der Waals surface area contributed by atoms with Crippen LogP contribution in [0.15, 0.2) is 150 Å². The van der Waals surface area contributed by atoms with Gasteiger partial charge in [0.15, 0.2) is 5.58 Å². The van der Waals surface area contributed by atoms with Crippen LogP contribution in [0.3, 0.4) is 0 Å². The zero-order valence-electron chi connectivity index (χ0n) is 21.8. The lowest BCUT2D eigenvalue weighted by Gasteiger charge is -2.14. The van der Waals surface area contributed by atoms with Crippen LogP contribution in [0.25, 0.3) is 65.7 Å². The Hall–Kier alpha value is -5.34. The molecule has 8 rings (SSSR count). The van der Waals surface area contributed by atoms with Crippen molar-refractivity contribution in [3.63, 3.8) is 0 Å². The van der Waals surface area contributed by atoms with Crippen molar-refractivity contribution in [3.05, 3.63) is 146 Å².